The number of nitrogens with zero attached hydrogens (tertiary/aromatic N) is 1. The van der Waals surface area contributed by atoms with Gasteiger partial charge in [0.2, 0.25) is 0 Å². The first-order chi connectivity index (χ1) is 7.99. The van der Waals surface area contributed by atoms with Gasteiger partial charge in [-0.25, -0.2) is 4.79 Å². The predicted octanol–water partition coefficient (Wildman–Crippen LogP) is 2.00. The van der Waals surface area contributed by atoms with Crippen molar-refractivity contribution < 1.29 is 0 Å². The molecule has 0 fully saturated rings. The average Bonchev–Trinajstić information content (AvgIpc) is 2.23. The second kappa shape index (κ2) is 4.37. The van der Waals surface area contributed by atoms with Gasteiger partial charge in [0.1, 0.15) is 0 Å². The summed E-state index contributed by atoms with van der Waals surface area (Å²) in [6.07, 6.45) is 0. The molecule has 0 saturated heterocycles. The van der Waals surface area contributed by atoms with Crippen molar-refractivity contribution >= 4 is 22.5 Å². The SMILES string of the molecule is CC(C)Cn1c(=O)[nH]c2cc(Cl)ccc2c1=O. The van der Waals surface area contributed by atoms with Gasteiger partial charge < -0.3 is 4.98 Å². The topological polar surface area (TPSA) is 54.9 Å². The Labute approximate surface area is 103 Å². The molecule has 1 N–H and O–H groups in total. The maximum Gasteiger partial charge on any atom is 0.328 e. The molecule has 2 aromatic rings. The summed E-state index contributed by atoms with van der Waals surface area (Å²) >= 11 is 5.82. The molecule has 1 aromatic carbocycles. The van der Waals surface area contributed by atoms with Crippen LogP contribution in [-0.2, 0) is 6.54 Å². The van der Waals surface area contributed by atoms with Gasteiger partial charge in [0.25, 0.3) is 5.56 Å². The quantitative estimate of drug-likeness (QED) is 0.889. The third-order valence-electron chi connectivity index (χ3n) is 2.49. The molecule has 17 heavy (non-hydrogen) atoms. The smallest absolute Gasteiger partial charge is 0.307 e. The third kappa shape index (κ3) is 2.26. The minimum Gasteiger partial charge on any atom is -0.307 e. The summed E-state index contributed by atoms with van der Waals surface area (Å²) < 4.78 is 1.22. The number of benzene rings is 1. The van der Waals surface area contributed by atoms with Crippen LogP contribution in [-0.4, -0.2) is 9.55 Å². The zero-order valence-electron chi connectivity index (χ0n) is 9.66. The van der Waals surface area contributed by atoms with E-state index in [2.05, 4.69) is 4.98 Å². The van der Waals surface area contributed by atoms with Crippen LogP contribution in [0.25, 0.3) is 10.9 Å². The first-order valence-electron chi connectivity index (χ1n) is 5.41. The number of nitrogens with one attached hydrogen (secondary N) is 1. The summed E-state index contributed by atoms with van der Waals surface area (Å²) in [7, 11) is 0. The molecular formula is C12H13ClN2O2. The fourth-order valence-corrected chi connectivity index (χ4v) is 1.93. The van der Waals surface area contributed by atoms with Crippen LogP contribution in [0.15, 0.2) is 27.8 Å². The number of rotatable bonds is 2. The summed E-state index contributed by atoms with van der Waals surface area (Å²) in [4.78, 5) is 26.5. The molecule has 0 aliphatic carbocycles. The number of hydrogen-bond acceptors (Lipinski definition) is 2. The zero-order chi connectivity index (χ0) is 12.6. The van der Waals surface area contributed by atoms with Crippen molar-refractivity contribution in [3.63, 3.8) is 0 Å². The number of H-pyrrole nitrogens is 1. The summed E-state index contributed by atoms with van der Waals surface area (Å²) in [6, 6.07) is 4.86. The molecule has 0 radical (unpaired) electrons. The predicted molar refractivity (Wildman–Crippen MR) is 68.7 cm³/mol. The third-order valence-corrected chi connectivity index (χ3v) is 2.73. The molecule has 0 unspecified atom stereocenters. The monoisotopic (exact) mass is 252 g/mol. The van der Waals surface area contributed by atoms with Crippen LogP contribution in [0.2, 0.25) is 5.02 Å². The lowest BCUT2D eigenvalue weighted by Crippen LogP contribution is -2.36. The molecule has 0 spiro atoms. The lowest BCUT2D eigenvalue weighted by molar-refractivity contribution is 0.496. The Bertz CT molecular complexity index is 670. The number of hydrogen-bond donors (Lipinski definition) is 1. The van der Waals surface area contributed by atoms with Gasteiger partial charge in [-0.2, -0.15) is 0 Å². The molecule has 0 saturated carbocycles. The van der Waals surface area contributed by atoms with E-state index in [0.717, 1.165) is 0 Å². The van der Waals surface area contributed by atoms with Crippen molar-refractivity contribution in [2.45, 2.75) is 20.4 Å². The molecule has 1 aromatic heterocycles. The number of fused-ring (bicyclic) bond motifs is 1. The molecule has 1 heterocycles. The fourth-order valence-electron chi connectivity index (χ4n) is 1.76. The van der Waals surface area contributed by atoms with Gasteiger partial charge in [0, 0.05) is 11.6 Å². The van der Waals surface area contributed by atoms with Gasteiger partial charge in [-0.05, 0) is 24.1 Å². The Kier molecular flexibility index (Phi) is 3.07. The van der Waals surface area contributed by atoms with Crippen molar-refractivity contribution in [2.24, 2.45) is 5.92 Å². The van der Waals surface area contributed by atoms with E-state index in [4.69, 9.17) is 11.6 Å². The Morgan fingerprint density at radius 3 is 2.71 bits per heavy atom. The van der Waals surface area contributed by atoms with Crippen molar-refractivity contribution in [3.8, 4) is 0 Å². The molecule has 0 aliphatic heterocycles. The van der Waals surface area contributed by atoms with Crippen LogP contribution in [0.1, 0.15) is 13.8 Å². The van der Waals surface area contributed by atoms with E-state index in [1.165, 1.54) is 4.57 Å². The molecule has 5 heteroatoms. The number of aromatic amines is 1. The van der Waals surface area contributed by atoms with E-state index < -0.39 is 5.69 Å². The van der Waals surface area contributed by atoms with Crippen LogP contribution >= 0.6 is 11.6 Å². The first kappa shape index (κ1) is 11.9. The largest absolute Gasteiger partial charge is 0.328 e. The van der Waals surface area contributed by atoms with Gasteiger partial charge >= 0.3 is 5.69 Å². The minimum atomic E-state index is -0.390. The molecule has 4 nitrogen and oxygen atoms in total. The van der Waals surface area contributed by atoms with E-state index in [0.29, 0.717) is 22.5 Å². The van der Waals surface area contributed by atoms with Crippen molar-refractivity contribution in [1.29, 1.82) is 0 Å². The lowest BCUT2D eigenvalue weighted by Gasteiger charge is -2.08. The van der Waals surface area contributed by atoms with Gasteiger partial charge in [0.15, 0.2) is 0 Å². The fraction of sp³-hybridized carbons (Fsp3) is 0.333. The summed E-state index contributed by atoms with van der Waals surface area (Å²) in [6.45, 7) is 4.32. The molecule has 0 aliphatic rings. The molecule has 0 amide bonds. The van der Waals surface area contributed by atoms with Gasteiger partial charge in [-0.1, -0.05) is 25.4 Å². The average molecular weight is 253 g/mol. The summed E-state index contributed by atoms with van der Waals surface area (Å²) in [5.74, 6) is 0.235. The van der Waals surface area contributed by atoms with Gasteiger partial charge in [-0.3, -0.25) is 9.36 Å². The maximum atomic E-state index is 12.1. The number of halogens is 1. The van der Waals surface area contributed by atoms with Crippen LogP contribution < -0.4 is 11.2 Å². The van der Waals surface area contributed by atoms with Gasteiger partial charge in [0.05, 0.1) is 10.9 Å². The van der Waals surface area contributed by atoms with E-state index >= 15 is 0 Å². The van der Waals surface area contributed by atoms with Crippen LogP contribution in [0, 0.1) is 5.92 Å². The van der Waals surface area contributed by atoms with E-state index in [-0.39, 0.29) is 11.5 Å². The lowest BCUT2D eigenvalue weighted by atomic mass is 10.2. The highest BCUT2D eigenvalue weighted by molar-refractivity contribution is 6.31. The van der Waals surface area contributed by atoms with Crippen LogP contribution in [0.5, 0.6) is 0 Å². The molecule has 2 rings (SSSR count). The highest BCUT2D eigenvalue weighted by Gasteiger charge is 2.08. The summed E-state index contributed by atoms with van der Waals surface area (Å²) in [5, 5.41) is 0.976. The molecule has 90 valence electrons. The molecular weight excluding hydrogens is 240 g/mol. The van der Waals surface area contributed by atoms with Crippen LogP contribution in [0.3, 0.4) is 0 Å². The van der Waals surface area contributed by atoms with E-state index in [9.17, 15) is 9.59 Å². The van der Waals surface area contributed by atoms with Crippen LogP contribution in [0.4, 0.5) is 0 Å². The van der Waals surface area contributed by atoms with Gasteiger partial charge in [-0.15, -0.1) is 0 Å². The highest BCUT2D eigenvalue weighted by atomic mass is 35.5. The normalized spacial score (nSPS) is 11.3. The zero-order valence-corrected chi connectivity index (χ0v) is 10.4. The van der Waals surface area contributed by atoms with Crippen molar-refractivity contribution in [3.05, 3.63) is 44.1 Å². The minimum absolute atomic E-state index is 0.235. The van der Waals surface area contributed by atoms with Crippen molar-refractivity contribution in [1.82, 2.24) is 9.55 Å². The summed E-state index contributed by atoms with van der Waals surface area (Å²) in [5.41, 5.74) is -0.180. The van der Waals surface area contributed by atoms with E-state index in [1.807, 2.05) is 13.8 Å². The Morgan fingerprint density at radius 1 is 1.35 bits per heavy atom. The second-order valence-corrected chi connectivity index (χ2v) is 4.87. The molecule has 0 bridgehead atoms. The molecule has 0 atom stereocenters. The van der Waals surface area contributed by atoms with E-state index in [1.54, 1.807) is 18.2 Å². The maximum absolute atomic E-state index is 12.1. The number of aromatic nitrogens is 2. The standard InChI is InChI=1S/C12H13ClN2O2/c1-7(2)6-15-11(16)9-4-3-8(13)5-10(9)14-12(15)17/h3-5,7H,6H2,1-2H3,(H,14,17). The highest BCUT2D eigenvalue weighted by Crippen LogP contribution is 2.13. The Morgan fingerprint density at radius 2 is 2.06 bits per heavy atom. The Hall–Kier alpha value is -1.55. The second-order valence-electron chi connectivity index (χ2n) is 4.43. The van der Waals surface area contributed by atoms with Crippen molar-refractivity contribution in [2.75, 3.05) is 0 Å². The Balaban J connectivity index is 2.77. The first-order valence-corrected chi connectivity index (χ1v) is 5.79.